The first-order chi connectivity index (χ1) is 7.74. The third-order valence-electron chi connectivity index (χ3n) is 2.40. The maximum Gasteiger partial charge on any atom is 0.173 e. The van der Waals surface area contributed by atoms with Crippen molar-refractivity contribution in [2.75, 3.05) is 0 Å². The smallest absolute Gasteiger partial charge is 0.173 e. The summed E-state index contributed by atoms with van der Waals surface area (Å²) in [5.41, 5.74) is 2.66. The van der Waals surface area contributed by atoms with Crippen LogP contribution in [0.25, 0.3) is 11.4 Å². The second-order valence-electron chi connectivity index (χ2n) is 3.41. The lowest BCUT2D eigenvalue weighted by Crippen LogP contribution is -1.83. The quantitative estimate of drug-likeness (QED) is 0.915. The second-order valence-corrected chi connectivity index (χ2v) is 4.20. The number of rotatable bonds is 2. The first-order valence-corrected chi connectivity index (χ1v) is 5.78. The van der Waals surface area contributed by atoms with Gasteiger partial charge in [-0.25, -0.2) is 4.98 Å². The van der Waals surface area contributed by atoms with Gasteiger partial charge in [-0.15, -0.1) is 0 Å². The van der Waals surface area contributed by atoms with E-state index in [1.54, 1.807) is 0 Å². The number of aromatic amines is 1. The minimum atomic E-state index is 0.384. The fraction of sp³-hybridized carbons (Fsp3) is 0.167. The second kappa shape index (κ2) is 4.50. The standard InChI is InChI=1S/C12H10BrN3/c1-2-8-3-5-9(6-4-8)12-15-10(7-14)11(13)16-12/h3-6H,2H2,1H3,(H,15,16). The highest BCUT2D eigenvalue weighted by Gasteiger charge is 2.08. The minimum absolute atomic E-state index is 0.384. The molecule has 0 fully saturated rings. The fourth-order valence-corrected chi connectivity index (χ4v) is 1.83. The first kappa shape index (κ1) is 10.9. The summed E-state index contributed by atoms with van der Waals surface area (Å²) in [5.74, 6) is 0.714. The van der Waals surface area contributed by atoms with Crippen LogP contribution in [0, 0.1) is 11.3 Å². The van der Waals surface area contributed by atoms with E-state index in [2.05, 4.69) is 45.0 Å². The highest BCUT2D eigenvalue weighted by atomic mass is 79.9. The van der Waals surface area contributed by atoms with Crippen LogP contribution in [-0.4, -0.2) is 9.97 Å². The van der Waals surface area contributed by atoms with Gasteiger partial charge in [-0.3, -0.25) is 0 Å². The topological polar surface area (TPSA) is 52.5 Å². The zero-order valence-electron chi connectivity index (χ0n) is 8.79. The Morgan fingerprint density at radius 1 is 1.38 bits per heavy atom. The van der Waals surface area contributed by atoms with Crippen LogP contribution < -0.4 is 0 Å². The molecule has 0 aliphatic heterocycles. The summed E-state index contributed by atoms with van der Waals surface area (Å²) >= 11 is 3.26. The Balaban J connectivity index is 2.39. The number of aryl methyl sites for hydroxylation is 1. The van der Waals surface area contributed by atoms with Gasteiger partial charge in [-0.1, -0.05) is 31.2 Å². The fourth-order valence-electron chi connectivity index (χ4n) is 1.46. The van der Waals surface area contributed by atoms with E-state index < -0.39 is 0 Å². The summed E-state index contributed by atoms with van der Waals surface area (Å²) < 4.78 is 0.629. The van der Waals surface area contributed by atoms with E-state index in [1.807, 2.05) is 18.2 Å². The molecule has 0 amide bonds. The van der Waals surface area contributed by atoms with Crippen LogP contribution in [-0.2, 0) is 6.42 Å². The lowest BCUT2D eigenvalue weighted by atomic mass is 10.1. The Labute approximate surface area is 102 Å². The molecule has 80 valence electrons. The molecule has 0 radical (unpaired) electrons. The van der Waals surface area contributed by atoms with Crippen LogP contribution in [0.15, 0.2) is 28.9 Å². The summed E-state index contributed by atoms with van der Waals surface area (Å²) in [4.78, 5) is 7.22. The molecule has 0 saturated heterocycles. The van der Waals surface area contributed by atoms with E-state index in [0.29, 0.717) is 16.1 Å². The largest absolute Gasteiger partial charge is 0.332 e. The van der Waals surface area contributed by atoms with Crippen molar-refractivity contribution in [1.29, 1.82) is 5.26 Å². The van der Waals surface area contributed by atoms with Gasteiger partial charge in [0.15, 0.2) is 5.69 Å². The number of benzene rings is 1. The first-order valence-electron chi connectivity index (χ1n) is 4.99. The molecule has 0 unspecified atom stereocenters. The van der Waals surface area contributed by atoms with Crippen LogP contribution in [0.1, 0.15) is 18.2 Å². The molecule has 0 atom stereocenters. The van der Waals surface area contributed by atoms with Crippen LogP contribution in [0.2, 0.25) is 0 Å². The van der Waals surface area contributed by atoms with E-state index in [-0.39, 0.29) is 0 Å². The average Bonchev–Trinajstić information content (AvgIpc) is 2.71. The SMILES string of the molecule is CCc1ccc(-c2nc(C#N)c(Br)[nH]2)cc1. The molecule has 4 heteroatoms. The molecule has 0 aliphatic carbocycles. The van der Waals surface area contributed by atoms with Gasteiger partial charge >= 0.3 is 0 Å². The van der Waals surface area contributed by atoms with E-state index in [1.165, 1.54) is 5.56 Å². The van der Waals surface area contributed by atoms with Crippen LogP contribution >= 0.6 is 15.9 Å². The normalized spacial score (nSPS) is 10.1. The molecule has 16 heavy (non-hydrogen) atoms. The number of imidazole rings is 1. The highest BCUT2D eigenvalue weighted by Crippen LogP contribution is 2.21. The van der Waals surface area contributed by atoms with Gasteiger partial charge < -0.3 is 4.98 Å². The number of H-pyrrole nitrogens is 1. The lowest BCUT2D eigenvalue weighted by Gasteiger charge is -1.98. The Bertz CT molecular complexity index is 534. The third-order valence-corrected chi connectivity index (χ3v) is 2.98. The molecule has 0 aliphatic rings. The van der Waals surface area contributed by atoms with Gasteiger partial charge in [-0.05, 0) is 27.9 Å². The van der Waals surface area contributed by atoms with Crippen LogP contribution in [0.5, 0.6) is 0 Å². The minimum Gasteiger partial charge on any atom is -0.332 e. The summed E-state index contributed by atoms with van der Waals surface area (Å²) in [6, 6.07) is 10.2. The molecular weight excluding hydrogens is 266 g/mol. The number of nitriles is 1. The molecule has 2 rings (SSSR count). The van der Waals surface area contributed by atoms with Gasteiger partial charge in [0, 0.05) is 5.56 Å². The average molecular weight is 276 g/mol. The Hall–Kier alpha value is -1.60. The number of nitrogens with one attached hydrogen (secondary N) is 1. The molecule has 1 heterocycles. The molecular formula is C12H10BrN3. The van der Waals surface area contributed by atoms with Crippen molar-refractivity contribution < 1.29 is 0 Å². The van der Waals surface area contributed by atoms with Crippen molar-refractivity contribution >= 4 is 15.9 Å². The molecule has 0 saturated carbocycles. The van der Waals surface area contributed by atoms with Crippen molar-refractivity contribution in [3.8, 4) is 17.5 Å². The van der Waals surface area contributed by atoms with Gasteiger partial charge in [0.05, 0.1) is 0 Å². The number of hydrogen-bond acceptors (Lipinski definition) is 2. The van der Waals surface area contributed by atoms with E-state index >= 15 is 0 Å². The maximum atomic E-state index is 8.80. The molecule has 2 aromatic rings. The summed E-state index contributed by atoms with van der Waals surface area (Å²) in [7, 11) is 0. The predicted octanol–water partition coefficient (Wildman–Crippen LogP) is 3.27. The summed E-state index contributed by atoms with van der Waals surface area (Å²) in [6.07, 6.45) is 1.02. The number of nitrogens with zero attached hydrogens (tertiary/aromatic N) is 2. The van der Waals surface area contributed by atoms with Gasteiger partial charge in [0.1, 0.15) is 16.5 Å². The van der Waals surface area contributed by atoms with Gasteiger partial charge in [0.2, 0.25) is 0 Å². The van der Waals surface area contributed by atoms with Crippen molar-refractivity contribution in [3.63, 3.8) is 0 Å². The summed E-state index contributed by atoms with van der Waals surface area (Å²) in [5, 5.41) is 8.80. The Morgan fingerprint density at radius 2 is 2.06 bits per heavy atom. The van der Waals surface area contributed by atoms with E-state index in [9.17, 15) is 0 Å². The Kier molecular flexibility index (Phi) is 3.07. The number of aromatic nitrogens is 2. The van der Waals surface area contributed by atoms with Crippen molar-refractivity contribution in [2.24, 2.45) is 0 Å². The molecule has 3 nitrogen and oxygen atoms in total. The molecule has 0 spiro atoms. The summed E-state index contributed by atoms with van der Waals surface area (Å²) in [6.45, 7) is 2.12. The lowest BCUT2D eigenvalue weighted by molar-refractivity contribution is 1.14. The van der Waals surface area contributed by atoms with Crippen molar-refractivity contribution in [2.45, 2.75) is 13.3 Å². The van der Waals surface area contributed by atoms with Crippen molar-refractivity contribution in [1.82, 2.24) is 9.97 Å². The molecule has 0 bridgehead atoms. The Morgan fingerprint density at radius 3 is 2.56 bits per heavy atom. The predicted molar refractivity (Wildman–Crippen MR) is 65.8 cm³/mol. The van der Waals surface area contributed by atoms with Crippen LogP contribution in [0.3, 0.4) is 0 Å². The van der Waals surface area contributed by atoms with E-state index in [0.717, 1.165) is 12.0 Å². The monoisotopic (exact) mass is 275 g/mol. The number of hydrogen-bond donors (Lipinski definition) is 1. The molecule has 1 aromatic heterocycles. The van der Waals surface area contributed by atoms with Crippen LogP contribution in [0.4, 0.5) is 0 Å². The third kappa shape index (κ3) is 2.00. The maximum absolute atomic E-state index is 8.80. The molecule has 1 aromatic carbocycles. The van der Waals surface area contributed by atoms with E-state index in [4.69, 9.17) is 5.26 Å². The zero-order chi connectivity index (χ0) is 11.5. The zero-order valence-corrected chi connectivity index (χ0v) is 10.4. The van der Waals surface area contributed by atoms with Gasteiger partial charge in [0.25, 0.3) is 0 Å². The molecule has 1 N–H and O–H groups in total. The number of halogens is 1. The van der Waals surface area contributed by atoms with Gasteiger partial charge in [-0.2, -0.15) is 5.26 Å². The van der Waals surface area contributed by atoms with Crippen molar-refractivity contribution in [3.05, 3.63) is 40.1 Å². The highest BCUT2D eigenvalue weighted by molar-refractivity contribution is 9.10.